The van der Waals surface area contributed by atoms with Crippen LogP contribution in [0.1, 0.15) is 6.92 Å². The third-order valence-corrected chi connectivity index (χ3v) is 1.80. The molecule has 0 saturated heterocycles. The highest BCUT2D eigenvalue weighted by Gasteiger charge is 2.43. The molecular weight excluding hydrogens is 176 g/mol. The van der Waals surface area contributed by atoms with Crippen LogP contribution in [0.15, 0.2) is 12.2 Å². The lowest BCUT2D eigenvalue weighted by molar-refractivity contribution is -0.174. The monoisotopic (exact) mass is 186 g/mol. The Labute approximate surface area is 74.9 Å². The van der Waals surface area contributed by atoms with E-state index in [4.69, 9.17) is 0 Å². The highest BCUT2D eigenvalue weighted by molar-refractivity contribution is 5.87. The average molecular weight is 186 g/mol. The summed E-state index contributed by atoms with van der Waals surface area (Å²) in [4.78, 5) is 21.7. The minimum absolute atomic E-state index is 0.575. The van der Waals surface area contributed by atoms with E-state index in [2.05, 4.69) is 9.47 Å². The van der Waals surface area contributed by atoms with Gasteiger partial charge in [0, 0.05) is 6.08 Å². The molecule has 0 aromatic carbocycles. The summed E-state index contributed by atoms with van der Waals surface area (Å²) in [5.41, 5.74) is -1.82. The van der Waals surface area contributed by atoms with E-state index in [1.165, 1.54) is 13.0 Å². The van der Waals surface area contributed by atoms with Gasteiger partial charge >= 0.3 is 11.9 Å². The average Bonchev–Trinajstić information content (AvgIpc) is 2.50. The van der Waals surface area contributed by atoms with Gasteiger partial charge in [-0.3, -0.25) is 0 Å². The summed E-state index contributed by atoms with van der Waals surface area (Å²) < 4.78 is 9.00. The lowest BCUT2D eigenvalue weighted by Gasteiger charge is -2.24. The van der Waals surface area contributed by atoms with Crippen LogP contribution < -0.4 is 0 Å². The van der Waals surface area contributed by atoms with Crippen molar-refractivity contribution in [1.82, 2.24) is 0 Å². The van der Waals surface area contributed by atoms with E-state index in [0.717, 1.165) is 13.2 Å². The smallest absolute Gasteiger partial charge is 0.341 e. The number of ether oxygens (including phenoxy) is 2. The van der Waals surface area contributed by atoms with Crippen LogP contribution >= 0.6 is 0 Å². The van der Waals surface area contributed by atoms with Crippen LogP contribution in [0.3, 0.4) is 0 Å². The van der Waals surface area contributed by atoms with Gasteiger partial charge in [0.1, 0.15) is 0 Å². The van der Waals surface area contributed by atoms with Crippen molar-refractivity contribution in [3.8, 4) is 0 Å². The number of carbonyl (C=O) groups excluding carboxylic acids is 2. The molecule has 0 unspecified atom stereocenters. The number of carbonyl (C=O) groups is 2. The van der Waals surface area contributed by atoms with Crippen molar-refractivity contribution in [2.75, 3.05) is 7.11 Å². The zero-order valence-electron chi connectivity index (χ0n) is 7.31. The fraction of sp³-hybridized carbons (Fsp3) is 0.500. The molecule has 0 radical (unpaired) electrons. The Morgan fingerprint density at radius 1 is 1.77 bits per heavy atom. The molecule has 0 saturated carbocycles. The maximum atomic E-state index is 11.0. The Morgan fingerprint density at radius 2 is 2.38 bits per heavy atom. The van der Waals surface area contributed by atoms with Gasteiger partial charge in [0.25, 0.3) is 0 Å². The fourth-order valence-corrected chi connectivity index (χ4v) is 0.995. The first-order valence-corrected chi connectivity index (χ1v) is 3.68. The molecule has 2 atom stereocenters. The number of rotatable bonds is 2. The number of aliphatic hydroxyl groups is 1. The van der Waals surface area contributed by atoms with Gasteiger partial charge in [-0.15, -0.1) is 0 Å². The van der Waals surface area contributed by atoms with E-state index in [1.54, 1.807) is 0 Å². The summed E-state index contributed by atoms with van der Waals surface area (Å²) in [5.74, 6) is -1.41. The number of esters is 2. The van der Waals surface area contributed by atoms with Crippen LogP contribution in [0.2, 0.25) is 0 Å². The summed E-state index contributed by atoms with van der Waals surface area (Å²) in [6, 6.07) is 0. The predicted molar refractivity (Wildman–Crippen MR) is 41.7 cm³/mol. The SMILES string of the molecule is COC(=O)[C@@](C)(O)[C@@H]1C=CC(=O)O1. The molecule has 13 heavy (non-hydrogen) atoms. The summed E-state index contributed by atoms with van der Waals surface area (Å²) in [5, 5.41) is 9.60. The topological polar surface area (TPSA) is 72.8 Å². The van der Waals surface area contributed by atoms with Crippen LogP contribution in [-0.4, -0.2) is 35.9 Å². The zero-order chi connectivity index (χ0) is 10.1. The Hall–Kier alpha value is -1.36. The maximum absolute atomic E-state index is 11.0. The summed E-state index contributed by atoms with van der Waals surface area (Å²) in [6.45, 7) is 1.23. The minimum Gasteiger partial charge on any atom is -0.467 e. The molecule has 1 aliphatic rings. The van der Waals surface area contributed by atoms with Gasteiger partial charge in [0.15, 0.2) is 11.7 Å². The van der Waals surface area contributed by atoms with Crippen molar-refractivity contribution in [2.45, 2.75) is 18.6 Å². The minimum atomic E-state index is -1.82. The van der Waals surface area contributed by atoms with Gasteiger partial charge in [0.2, 0.25) is 0 Å². The van der Waals surface area contributed by atoms with Crippen molar-refractivity contribution < 1.29 is 24.2 Å². The molecule has 1 aliphatic heterocycles. The van der Waals surface area contributed by atoms with E-state index in [9.17, 15) is 14.7 Å². The third-order valence-electron chi connectivity index (χ3n) is 1.80. The molecule has 0 fully saturated rings. The highest BCUT2D eigenvalue weighted by Crippen LogP contribution is 2.20. The van der Waals surface area contributed by atoms with Crippen LogP contribution in [0.4, 0.5) is 0 Å². The summed E-state index contributed by atoms with van der Waals surface area (Å²) in [7, 11) is 1.15. The van der Waals surface area contributed by atoms with E-state index in [1.807, 2.05) is 0 Å². The molecule has 0 amide bonds. The van der Waals surface area contributed by atoms with Crippen molar-refractivity contribution in [2.24, 2.45) is 0 Å². The first-order valence-electron chi connectivity index (χ1n) is 3.68. The Kier molecular flexibility index (Phi) is 2.38. The van der Waals surface area contributed by atoms with Crippen LogP contribution in [0.25, 0.3) is 0 Å². The molecule has 0 bridgehead atoms. The predicted octanol–water partition coefficient (Wildman–Crippen LogP) is -0.608. The Morgan fingerprint density at radius 3 is 2.77 bits per heavy atom. The molecule has 1 rings (SSSR count). The van der Waals surface area contributed by atoms with Gasteiger partial charge in [-0.1, -0.05) is 0 Å². The second-order valence-electron chi connectivity index (χ2n) is 2.86. The van der Waals surface area contributed by atoms with Crippen LogP contribution in [0.5, 0.6) is 0 Å². The maximum Gasteiger partial charge on any atom is 0.341 e. The summed E-state index contributed by atoms with van der Waals surface area (Å²) in [6.07, 6.45) is 1.51. The lowest BCUT2D eigenvalue weighted by Crippen LogP contribution is -2.47. The first-order chi connectivity index (χ1) is 5.98. The highest BCUT2D eigenvalue weighted by atomic mass is 16.6. The third kappa shape index (κ3) is 1.70. The van der Waals surface area contributed by atoms with Crippen molar-refractivity contribution >= 4 is 11.9 Å². The largest absolute Gasteiger partial charge is 0.467 e. The van der Waals surface area contributed by atoms with Gasteiger partial charge in [0.05, 0.1) is 7.11 Å². The molecule has 0 spiro atoms. The van der Waals surface area contributed by atoms with Gasteiger partial charge < -0.3 is 14.6 Å². The van der Waals surface area contributed by atoms with E-state index < -0.39 is 23.6 Å². The lowest BCUT2D eigenvalue weighted by atomic mass is 10.00. The van der Waals surface area contributed by atoms with Gasteiger partial charge in [-0.2, -0.15) is 0 Å². The van der Waals surface area contributed by atoms with Crippen LogP contribution in [-0.2, 0) is 19.1 Å². The molecular formula is C8H10O5. The molecule has 0 aromatic rings. The Bertz CT molecular complexity index is 266. The molecule has 0 aliphatic carbocycles. The fourth-order valence-electron chi connectivity index (χ4n) is 0.995. The number of hydrogen-bond acceptors (Lipinski definition) is 5. The van der Waals surface area contributed by atoms with Crippen molar-refractivity contribution in [3.63, 3.8) is 0 Å². The molecule has 5 heteroatoms. The van der Waals surface area contributed by atoms with Crippen molar-refractivity contribution in [3.05, 3.63) is 12.2 Å². The van der Waals surface area contributed by atoms with E-state index >= 15 is 0 Å². The second kappa shape index (κ2) is 3.18. The standard InChI is InChI=1S/C8H10O5/c1-8(11,7(10)12-2)5-3-4-6(9)13-5/h3-5,11H,1-2H3/t5-,8-/m0/s1. The number of hydrogen-bond donors (Lipinski definition) is 1. The molecule has 1 N–H and O–H groups in total. The van der Waals surface area contributed by atoms with Crippen molar-refractivity contribution in [1.29, 1.82) is 0 Å². The van der Waals surface area contributed by atoms with Gasteiger partial charge in [-0.05, 0) is 13.0 Å². The number of cyclic esters (lactones) is 1. The number of methoxy groups -OCH3 is 1. The Balaban J connectivity index is 2.76. The zero-order valence-corrected chi connectivity index (χ0v) is 7.31. The quantitative estimate of drug-likeness (QED) is 0.582. The van der Waals surface area contributed by atoms with E-state index in [0.29, 0.717) is 0 Å². The van der Waals surface area contributed by atoms with E-state index in [-0.39, 0.29) is 0 Å². The molecule has 1 heterocycles. The molecule has 72 valence electrons. The molecule has 0 aromatic heterocycles. The van der Waals surface area contributed by atoms with Gasteiger partial charge in [-0.25, -0.2) is 9.59 Å². The molecule has 5 nitrogen and oxygen atoms in total. The first kappa shape index (κ1) is 9.73. The second-order valence-corrected chi connectivity index (χ2v) is 2.86. The normalized spacial score (nSPS) is 25.2. The van der Waals surface area contributed by atoms with Crippen LogP contribution in [0, 0.1) is 0 Å². The summed E-state index contributed by atoms with van der Waals surface area (Å²) >= 11 is 0.